The fraction of sp³-hybridized carbons (Fsp3) is 0.391. The summed E-state index contributed by atoms with van der Waals surface area (Å²) in [4.78, 5) is 24.6. The summed E-state index contributed by atoms with van der Waals surface area (Å²) in [7, 11) is -3.68. The van der Waals surface area contributed by atoms with Gasteiger partial charge in [0.1, 0.15) is 0 Å². The number of amides is 1. The number of aryl methyl sites for hydroxylation is 2. The molecule has 0 spiro atoms. The molecule has 0 aromatic heterocycles. The number of hydrogen-bond donors (Lipinski definition) is 1. The number of benzene rings is 2. The number of hydrogen-bond acceptors (Lipinski definition) is 5. The molecule has 2 aromatic carbocycles. The molecular formula is C23H28N2O5S. The van der Waals surface area contributed by atoms with E-state index in [2.05, 4.69) is 5.32 Å². The van der Waals surface area contributed by atoms with E-state index in [1.807, 2.05) is 19.1 Å². The van der Waals surface area contributed by atoms with Crippen molar-refractivity contribution in [1.82, 2.24) is 4.31 Å². The smallest absolute Gasteiger partial charge is 0.338 e. The maximum Gasteiger partial charge on any atom is 0.338 e. The van der Waals surface area contributed by atoms with E-state index in [-0.39, 0.29) is 10.5 Å². The van der Waals surface area contributed by atoms with Gasteiger partial charge in [-0.3, -0.25) is 4.79 Å². The van der Waals surface area contributed by atoms with Crippen LogP contribution in [0.2, 0.25) is 0 Å². The summed E-state index contributed by atoms with van der Waals surface area (Å²) in [5.41, 5.74) is 2.43. The van der Waals surface area contributed by atoms with Crippen molar-refractivity contribution in [2.75, 3.05) is 25.0 Å². The van der Waals surface area contributed by atoms with Crippen molar-refractivity contribution in [2.45, 2.75) is 44.4 Å². The molecule has 0 saturated carbocycles. The number of rotatable bonds is 7. The molecule has 31 heavy (non-hydrogen) atoms. The second-order valence-electron chi connectivity index (χ2n) is 7.62. The van der Waals surface area contributed by atoms with Crippen LogP contribution in [0.15, 0.2) is 47.4 Å². The summed E-state index contributed by atoms with van der Waals surface area (Å²) < 4.78 is 32.6. The van der Waals surface area contributed by atoms with E-state index in [0.29, 0.717) is 24.3 Å². The molecule has 0 aliphatic carbocycles. The molecule has 0 bridgehead atoms. The van der Waals surface area contributed by atoms with E-state index in [4.69, 9.17) is 4.74 Å². The third kappa shape index (κ3) is 5.71. The number of anilines is 1. The van der Waals surface area contributed by atoms with Gasteiger partial charge >= 0.3 is 5.97 Å². The molecule has 166 valence electrons. The zero-order valence-electron chi connectivity index (χ0n) is 17.9. The van der Waals surface area contributed by atoms with Crippen molar-refractivity contribution in [3.05, 3.63) is 59.2 Å². The average Bonchev–Trinajstić information content (AvgIpc) is 2.78. The molecule has 1 fully saturated rings. The molecule has 3 rings (SSSR count). The molecule has 1 saturated heterocycles. The van der Waals surface area contributed by atoms with Gasteiger partial charge in [-0.2, -0.15) is 4.31 Å². The quantitative estimate of drug-likeness (QED) is 0.660. The highest BCUT2D eigenvalue weighted by Gasteiger charge is 2.28. The lowest BCUT2D eigenvalue weighted by molar-refractivity contribution is -0.119. The Bertz CT molecular complexity index is 1040. The van der Waals surface area contributed by atoms with E-state index in [1.54, 1.807) is 25.1 Å². The number of piperidine rings is 1. The number of ether oxygens (including phenoxy) is 1. The SMILES string of the molecule is CCc1ccc(NC(=O)COC(=O)c2ccc(C)c(S(=O)(=O)N3CCCCC3)c2)cc1. The predicted octanol–water partition coefficient (Wildman–Crippen LogP) is 3.53. The van der Waals surface area contributed by atoms with Gasteiger partial charge in [0.05, 0.1) is 10.5 Å². The van der Waals surface area contributed by atoms with Crippen LogP contribution in [0.5, 0.6) is 0 Å². The summed E-state index contributed by atoms with van der Waals surface area (Å²) in [6, 6.07) is 11.8. The van der Waals surface area contributed by atoms with Gasteiger partial charge in [0.2, 0.25) is 10.0 Å². The Morgan fingerprint density at radius 2 is 1.71 bits per heavy atom. The third-order valence-electron chi connectivity index (χ3n) is 5.34. The lowest BCUT2D eigenvalue weighted by Gasteiger charge is -2.26. The number of nitrogens with zero attached hydrogens (tertiary/aromatic N) is 1. The number of sulfonamides is 1. The Balaban J connectivity index is 1.65. The first-order chi connectivity index (χ1) is 14.8. The zero-order valence-corrected chi connectivity index (χ0v) is 18.7. The van der Waals surface area contributed by atoms with Crippen LogP contribution in [0, 0.1) is 6.92 Å². The number of esters is 1. The van der Waals surface area contributed by atoms with Gasteiger partial charge < -0.3 is 10.1 Å². The summed E-state index contributed by atoms with van der Waals surface area (Å²) >= 11 is 0. The topological polar surface area (TPSA) is 92.8 Å². The van der Waals surface area contributed by atoms with Gasteiger partial charge in [0.15, 0.2) is 6.61 Å². The van der Waals surface area contributed by atoms with E-state index in [1.165, 1.54) is 16.4 Å². The van der Waals surface area contributed by atoms with E-state index >= 15 is 0 Å². The van der Waals surface area contributed by atoms with Gasteiger partial charge in [0.25, 0.3) is 5.91 Å². The van der Waals surface area contributed by atoms with Crippen LogP contribution in [0.3, 0.4) is 0 Å². The normalized spacial score (nSPS) is 14.8. The van der Waals surface area contributed by atoms with Gasteiger partial charge in [-0.25, -0.2) is 13.2 Å². The van der Waals surface area contributed by atoms with Gasteiger partial charge in [0, 0.05) is 18.8 Å². The summed E-state index contributed by atoms with van der Waals surface area (Å²) in [6.45, 7) is 4.24. The second-order valence-corrected chi connectivity index (χ2v) is 9.53. The highest BCUT2D eigenvalue weighted by molar-refractivity contribution is 7.89. The minimum absolute atomic E-state index is 0.0984. The summed E-state index contributed by atoms with van der Waals surface area (Å²) in [6.07, 6.45) is 3.58. The summed E-state index contributed by atoms with van der Waals surface area (Å²) in [5, 5.41) is 2.67. The highest BCUT2D eigenvalue weighted by atomic mass is 32.2. The molecule has 1 aliphatic rings. The average molecular weight is 445 g/mol. The van der Waals surface area contributed by atoms with Crippen molar-refractivity contribution in [3.63, 3.8) is 0 Å². The molecule has 1 heterocycles. The fourth-order valence-electron chi connectivity index (χ4n) is 3.48. The lowest BCUT2D eigenvalue weighted by atomic mass is 10.1. The predicted molar refractivity (Wildman–Crippen MR) is 119 cm³/mol. The minimum Gasteiger partial charge on any atom is -0.452 e. The minimum atomic E-state index is -3.68. The van der Waals surface area contributed by atoms with Crippen molar-refractivity contribution in [2.24, 2.45) is 0 Å². The van der Waals surface area contributed by atoms with Crippen molar-refractivity contribution >= 4 is 27.6 Å². The first-order valence-electron chi connectivity index (χ1n) is 10.5. The van der Waals surface area contributed by atoms with E-state index in [9.17, 15) is 18.0 Å². The molecule has 0 unspecified atom stereocenters. The molecule has 7 nitrogen and oxygen atoms in total. The maximum atomic E-state index is 13.0. The molecule has 0 atom stereocenters. The molecular weight excluding hydrogens is 416 g/mol. The van der Waals surface area contributed by atoms with Gasteiger partial charge in [-0.15, -0.1) is 0 Å². The Hall–Kier alpha value is -2.71. The van der Waals surface area contributed by atoms with Gasteiger partial charge in [-0.05, 0) is 61.6 Å². The monoisotopic (exact) mass is 444 g/mol. The second kappa shape index (κ2) is 10.1. The maximum absolute atomic E-state index is 13.0. The Kier molecular flexibility index (Phi) is 7.46. The Morgan fingerprint density at radius 3 is 2.35 bits per heavy atom. The summed E-state index contributed by atoms with van der Waals surface area (Å²) in [5.74, 6) is -1.21. The van der Waals surface area contributed by atoms with E-state index < -0.39 is 28.5 Å². The van der Waals surface area contributed by atoms with Crippen molar-refractivity contribution in [3.8, 4) is 0 Å². The number of carbonyl (C=O) groups is 2. The molecule has 1 aliphatic heterocycles. The molecule has 2 aromatic rings. The van der Waals surface area contributed by atoms with Crippen molar-refractivity contribution < 1.29 is 22.7 Å². The fourth-order valence-corrected chi connectivity index (χ4v) is 5.25. The lowest BCUT2D eigenvalue weighted by Crippen LogP contribution is -2.36. The number of carbonyl (C=O) groups excluding carboxylic acids is 2. The van der Waals surface area contributed by atoms with Crippen molar-refractivity contribution in [1.29, 1.82) is 0 Å². The zero-order chi connectivity index (χ0) is 22.4. The van der Waals surface area contributed by atoms with Crippen LogP contribution in [0.1, 0.15) is 47.7 Å². The standard InChI is InChI=1S/C23H28N2O5S/c1-3-18-8-11-20(12-9-18)24-22(26)16-30-23(27)19-10-7-17(2)21(15-19)31(28,29)25-13-5-4-6-14-25/h7-12,15H,3-6,13-14,16H2,1-2H3,(H,24,26). The van der Waals surface area contributed by atoms with Crippen LogP contribution in [-0.2, 0) is 26.0 Å². The first-order valence-corrected chi connectivity index (χ1v) is 11.9. The van der Waals surface area contributed by atoms with Crippen LogP contribution in [-0.4, -0.2) is 44.3 Å². The largest absolute Gasteiger partial charge is 0.452 e. The third-order valence-corrected chi connectivity index (χ3v) is 7.38. The highest BCUT2D eigenvalue weighted by Crippen LogP contribution is 2.24. The van der Waals surface area contributed by atoms with E-state index in [0.717, 1.165) is 31.2 Å². The number of nitrogens with one attached hydrogen (secondary N) is 1. The molecule has 8 heteroatoms. The van der Waals surface area contributed by atoms with Gasteiger partial charge in [-0.1, -0.05) is 31.5 Å². The Morgan fingerprint density at radius 1 is 1.03 bits per heavy atom. The van der Waals surface area contributed by atoms with Crippen LogP contribution < -0.4 is 5.32 Å². The van der Waals surface area contributed by atoms with Crippen LogP contribution >= 0.6 is 0 Å². The van der Waals surface area contributed by atoms with Crippen LogP contribution in [0.25, 0.3) is 0 Å². The molecule has 1 N–H and O–H groups in total. The van der Waals surface area contributed by atoms with Crippen LogP contribution in [0.4, 0.5) is 5.69 Å². The molecule has 0 radical (unpaired) electrons. The first kappa shape index (κ1) is 23.0. The Labute approximate surface area is 183 Å². The molecule has 1 amide bonds.